The van der Waals surface area contributed by atoms with Gasteiger partial charge in [0.15, 0.2) is 0 Å². The van der Waals surface area contributed by atoms with E-state index >= 15 is 0 Å². The SMILES string of the molecule is CCCCC(N)=C(CCCC)C(N)(CCCC)CCCC. The Hall–Kier alpha value is -0.500. The maximum Gasteiger partial charge on any atom is 0.0388 e. The molecule has 0 aromatic heterocycles. The molecule has 0 saturated carbocycles. The lowest BCUT2D eigenvalue weighted by Gasteiger charge is -2.34. The molecule has 0 aliphatic carbocycles. The van der Waals surface area contributed by atoms with Gasteiger partial charge in [0.25, 0.3) is 0 Å². The van der Waals surface area contributed by atoms with Gasteiger partial charge in [-0.1, -0.05) is 66.2 Å². The van der Waals surface area contributed by atoms with Crippen molar-refractivity contribution in [1.82, 2.24) is 0 Å². The number of nitrogens with two attached hydrogens (primary N) is 2. The van der Waals surface area contributed by atoms with Crippen LogP contribution in [0.2, 0.25) is 0 Å². The Labute approximate surface area is 133 Å². The first kappa shape index (κ1) is 20.5. The van der Waals surface area contributed by atoms with Crippen LogP contribution in [0.25, 0.3) is 0 Å². The summed E-state index contributed by atoms with van der Waals surface area (Å²) < 4.78 is 0. The van der Waals surface area contributed by atoms with Gasteiger partial charge in [-0.05, 0) is 44.1 Å². The van der Waals surface area contributed by atoms with Crippen molar-refractivity contribution in [3.8, 4) is 0 Å². The average Bonchev–Trinajstić information content (AvgIpc) is 2.49. The monoisotopic (exact) mass is 296 g/mol. The summed E-state index contributed by atoms with van der Waals surface area (Å²) in [5, 5.41) is 0. The second kappa shape index (κ2) is 12.1. The Kier molecular flexibility index (Phi) is 11.8. The fourth-order valence-corrected chi connectivity index (χ4v) is 3.01. The van der Waals surface area contributed by atoms with Crippen molar-refractivity contribution in [2.75, 3.05) is 0 Å². The van der Waals surface area contributed by atoms with Crippen LogP contribution in [-0.4, -0.2) is 5.54 Å². The fourth-order valence-electron chi connectivity index (χ4n) is 3.01. The van der Waals surface area contributed by atoms with E-state index < -0.39 is 0 Å². The normalized spacial score (nSPS) is 13.4. The third-order valence-electron chi connectivity index (χ3n) is 4.52. The van der Waals surface area contributed by atoms with Crippen LogP contribution in [-0.2, 0) is 0 Å². The van der Waals surface area contributed by atoms with Crippen LogP contribution in [0.15, 0.2) is 11.3 Å². The van der Waals surface area contributed by atoms with Crippen LogP contribution in [0.1, 0.15) is 105 Å². The van der Waals surface area contributed by atoms with E-state index in [0.717, 1.165) is 31.4 Å². The molecule has 0 heterocycles. The van der Waals surface area contributed by atoms with Crippen LogP contribution in [0.4, 0.5) is 0 Å². The lowest BCUT2D eigenvalue weighted by Crippen LogP contribution is -2.43. The summed E-state index contributed by atoms with van der Waals surface area (Å²) in [5.41, 5.74) is 15.7. The molecule has 4 N–H and O–H groups in total. The molecule has 0 aromatic rings. The molecule has 0 aliphatic rings. The maximum atomic E-state index is 6.89. The first-order chi connectivity index (χ1) is 10.1. The van der Waals surface area contributed by atoms with Crippen LogP contribution in [0.3, 0.4) is 0 Å². The Balaban J connectivity index is 5.21. The van der Waals surface area contributed by atoms with Crippen molar-refractivity contribution in [2.24, 2.45) is 11.5 Å². The van der Waals surface area contributed by atoms with Crippen LogP contribution in [0.5, 0.6) is 0 Å². The van der Waals surface area contributed by atoms with E-state index in [1.165, 1.54) is 56.9 Å². The highest BCUT2D eigenvalue weighted by atomic mass is 14.8. The van der Waals surface area contributed by atoms with E-state index in [9.17, 15) is 0 Å². The van der Waals surface area contributed by atoms with E-state index in [1.54, 1.807) is 0 Å². The van der Waals surface area contributed by atoms with Crippen LogP contribution in [0, 0.1) is 0 Å². The Morgan fingerprint density at radius 1 is 0.714 bits per heavy atom. The molecular weight excluding hydrogens is 256 g/mol. The van der Waals surface area contributed by atoms with Gasteiger partial charge in [0, 0.05) is 11.2 Å². The zero-order chi connectivity index (χ0) is 16.1. The first-order valence-electron chi connectivity index (χ1n) is 9.32. The minimum absolute atomic E-state index is 0.154. The molecule has 0 atom stereocenters. The molecule has 2 nitrogen and oxygen atoms in total. The number of allylic oxidation sites excluding steroid dienone is 1. The molecule has 0 fully saturated rings. The van der Waals surface area contributed by atoms with Crippen molar-refractivity contribution >= 4 is 0 Å². The quantitative estimate of drug-likeness (QED) is 0.461. The predicted octanol–water partition coefficient (Wildman–Crippen LogP) is 5.66. The molecule has 21 heavy (non-hydrogen) atoms. The van der Waals surface area contributed by atoms with Gasteiger partial charge in [-0.3, -0.25) is 0 Å². The zero-order valence-electron chi connectivity index (χ0n) is 15.1. The molecule has 0 unspecified atom stereocenters. The number of unbranched alkanes of at least 4 members (excludes halogenated alkanes) is 4. The number of hydrogen-bond acceptors (Lipinski definition) is 2. The molecule has 0 saturated heterocycles. The highest BCUT2D eigenvalue weighted by molar-refractivity contribution is 5.25. The fraction of sp³-hybridized carbons (Fsp3) is 0.895. The van der Waals surface area contributed by atoms with E-state index in [0.29, 0.717) is 0 Å². The van der Waals surface area contributed by atoms with Gasteiger partial charge in [0.05, 0.1) is 0 Å². The average molecular weight is 297 g/mol. The third kappa shape index (κ3) is 7.90. The topological polar surface area (TPSA) is 52.0 Å². The standard InChI is InChI=1S/C19H40N2/c1-5-9-13-17(18(20)14-10-6-2)19(21,15-11-7-3)16-12-8-4/h5-16,20-21H2,1-4H3. The molecule has 0 bridgehead atoms. The molecule has 0 aliphatic heterocycles. The molecule has 0 spiro atoms. The van der Waals surface area contributed by atoms with E-state index in [4.69, 9.17) is 11.5 Å². The summed E-state index contributed by atoms with van der Waals surface area (Å²) in [6.07, 6.45) is 13.9. The third-order valence-corrected chi connectivity index (χ3v) is 4.52. The summed E-state index contributed by atoms with van der Waals surface area (Å²) in [5.74, 6) is 0. The first-order valence-corrected chi connectivity index (χ1v) is 9.32. The summed E-state index contributed by atoms with van der Waals surface area (Å²) in [4.78, 5) is 0. The molecule has 2 heteroatoms. The largest absolute Gasteiger partial charge is 0.402 e. The minimum atomic E-state index is -0.154. The maximum absolute atomic E-state index is 6.89. The zero-order valence-corrected chi connectivity index (χ0v) is 15.1. The van der Waals surface area contributed by atoms with Gasteiger partial charge in [0.2, 0.25) is 0 Å². The van der Waals surface area contributed by atoms with Crippen molar-refractivity contribution < 1.29 is 0 Å². The molecule has 0 rings (SSSR count). The number of rotatable bonds is 13. The molecule has 126 valence electrons. The Morgan fingerprint density at radius 3 is 1.57 bits per heavy atom. The van der Waals surface area contributed by atoms with Gasteiger partial charge in [-0.15, -0.1) is 0 Å². The molecule has 0 aromatic carbocycles. The lowest BCUT2D eigenvalue weighted by atomic mass is 9.77. The van der Waals surface area contributed by atoms with Crippen LogP contribution >= 0.6 is 0 Å². The van der Waals surface area contributed by atoms with Crippen molar-refractivity contribution in [2.45, 2.75) is 110 Å². The van der Waals surface area contributed by atoms with Gasteiger partial charge in [-0.2, -0.15) is 0 Å². The van der Waals surface area contributed by atoms with Gasteiger partial charge in [-0.25, -0.2) is 0 Å². The summed E-state index contributed by atoms with van der Waals surface area (Å²) in [6.45, 7) is 8.96. The van der Waals surface area contributed by atoms with Crippen molar-refractivity contribution in [1.29, 1.82) is 0 Å². The second-order valence-corrected chi connectivity index (χ2v) is 6.57. The van der Waals surface area contributed by atoms with E-state index in [-0.39, 0.29) is 5.54 Å². The van der Waals surface area contributed by atoms with E-state index in [1.807, 2.05) is 0 Å². The molecule has 0 radical (unpaired) electrons. The highest BCUT2D eigenvalue weighted by Crippen LogP contribution is 2.32. The molecule has 0 amide bonds. The number of hydrogen-bond donors (Lipinski definition) is 2. The minimum Gasteiger partial charge on any atom is -0.402 e. The van der Waals surface area contributed by atoms with Crippen LogP contribution < -0.4 is 11.5 Å². The summed E-state index contributed by atoms with van der Waals surface area (Å²) in [6, 6.07) is 0. The Bertz CT molecular complexity index is 273. The van der Waals surface area contributed by atoms with Crippen molar-refractivity contribution in [3.05, 3.63) is 11.3 Å². The Morgan fingerprint density at radius 2 is 1.14 bits per heavy atom. The molecular formula is C19H40N2. The van der Waals surface area contributed by atoms with Gasteiger partial charge >= 0.3 is 0 Å². The summed E-state index contributed by atoms with van der Waals surface area (Å²) >= 11 is 0. The predicted molar refractivity (Wildman–Crippen MR) is 96.2 cm³/mol. The van der Waals surface area contributed by atoms with Gasteiger partial charge < -0.3 is 11.5 Å². The highest BCUT2D eigenvalue weighted by Gasteiger charge is 2.29. The second-order valence-electron chi connectivity index (χ2n) is 6.57. The smallest absolute Gasteiger partial charge is 0.0388 e. The summed E-state index contributed by atoms with van der Waals surface area (Å²) in [7, 11) is 0. The van der Waals surface area contributed by atoms with E-state index in [2.05, 4.69) is 27.7 Å². The van der Waals surface area contributed by atoms with Gasteiger partial charge in [0.1, 0.15) is 0 Å². The lowest BCUT2D eigenvalue weighted by molar-refractivity contribution is 0.380. The van der Waals surface area contributed by atoms with Crippen molar-refractivity contribution in [3.63, 3.8) is 0 Å².